The van der Waals surface area contributed by atoms with E-state index in [1.165, 1.54) is 18.6 Å². The predicted molar refractivity (Wildman–Crippen MR) is 81.3 cm³/mol. The molecule has 0 heterocycles. The Morgan fingerprint density at radius 2 is 1.84 bits per heavy atom. The van der Waals surface area contributed by atoms with Gasteiger partial charge in [-0.05, 0) is 43.0 Å². The summed E-state index contributed by atoms with van der Waals surface area (Å²) in [6.07, 6.45) is 4.23. The molecule has 3 nitrogen and oxygen atoms in total. The fourth-order valence-corrected chi connectivity index (χ4v) is 4.67. The minimum absolute atomic E-state index is 0.0220. The van der Waals surface area contributed by atoms with Gasteiger partial charge in [0.25, 0.3) is 0 Å². The summed E-state index contributed by atoms with van der Waals surface area (Å²) in [5, 5.41) is 1.37. The average molecular weight is 367 g/mol. The van der Waals surface area contributed by atoms with Crippen molar-refractivity contribution in [2.45, 2.75) is 36.6 Å². The van der Waals surface area contributed by atoms with Gasteiger partial charge in [0, 0.05) is 16.4 Å². The second-order valence-corrected chi connectivity index (χ2v) is 7.68. The van der Waals surface area contributed by atoms with E-state index in [0.29, 0.717) is 10.9 Å². The Hall–Kier alpha value is -0.100. The van der Waals surface area contributed by atoms with Gasteiger partial charge in [-0.3, -0.25) is 0 Å². The molecule has 2 unspecified atom stereocenters. The van der Waals surface area contributed by atoms with Crippen molar-refractivity contribution >= 4 is 37.6 Å². The van der Waals surface area contributed by atoms with Crippen LogP contribution in [-0.4, -0.2) is 19.8 Å². The third-order valence-corrected chi connectivity index (χ3v) is 6.13. The van der Waals surface area contributed by atoms with E-state index >= 15 is 0 Å². The van der Waals surface area contributed by atoms with Gasteiger partial charge in [-0.15, -0.1) is 0 Å². The molecule has 1 N–H and O–H groups in total. The first-order valence-corrected chi connectivity index (χ1v) is 9.35. The van der Waals surface area contributed by atoms with E-state index in [1.807, 2.05) is 0 Å². The Labute approximate surface area is 127 Å². The molecule has 19 heavy (non-hydrogen) atoms. The van der Waals surface area contributed by atoms with Gasteiger partial charge in [0.05, 0.1) is 4.90 Å². The Balaban J connectivity index is 2.14. The molecule has 0 saturated heterocycles. The van der Waals surface area contributed by atoms with Gasteiger partial charge in [0.1, 0.15) is 0 Å². The Bertz CT molecular complexity index is 518. The zero-order valence-electron chi connectivity index (χ0n) is 10.5. The molecule has 0 aromatic heterocycles. The number of benzene rings is 1. The molecule has 0 aliphatic heterocycles. The average Bonchev–Trinajstić information content (AvgIpc) is 2.39. The van der Waals surface area contributed by atoms with Crippen LogP contribution >= 0.6 is 27.5 Å². The highest BCUT2D eigenvalue weighted by molar-refractivity contribution is 9.09. The maximum Gasteiger partial charge on any atom is 0.240 e. The monoisotopic (exact) mass is 365 g/mol. The molecule has 2 rings (SSSR count). The molecule has 0 amide bonds. The molecule has 0 spiro atoms. The lowest BCUT2D eigenvalue weighted by Crippen LogP contribution is -2.42. The van der Waals surface area contributed by atoms with Crippen molar-refractivity contribution in [3.05, 3.63) is 29.3 Å². The largest absolute Gasteiger partial charge is 0.240 e. The summed E-state index contributed by atoms with van der Waals surface area (Å²) in [5.74, 6) is 0.371. The third-order valence-electron chi connectivity index (χ3n) is 3.54. The Morgan fingerprint density at radius 3 is 2.47 bits per heavy atom. The topological polar surface area (TPSA) is 46.2 Å². The second kappa shape index (κ2) is 6.57. The highest BCUT2D eigenvalue weighted by Crippen LogP contribution is 2.27. The molecular weight excluding hydrogens is 350 g/mol. The highest BCUT2D eigenvalue weighted by atomic mass is 79.9. The van der Waals surface area contributed by atoms with E-state index in [0.717, 1.165) is 24.6 Å². The quantitative estimate of drug-likeness (QED) is 0.828. The van der Waals surface area contributed by atoms with Crippen LogP contribution in [0.3, 0.4) is 0 Å². The smallest absolute Gasteiger partial charge is 0.208 e. The van der Waals surface area contributed by atoms with Crippen molar-refractivity contribution < 1.29 is 8.42 Å². The fourth-order valence-electron chi connectivity index (χ4n) is 2.43. The number of sulfonamides is 1. The molecule has 1 aliphatic rings. The summed E-state index contributed by atoms with van der Waals surface area (Å²) >= 11 is 9.25. The van der Waals surface area contributed by atoms with E-state index in [1.54, 1.807) is 12.1 Å². The van der Waals surface area contributed by atoms with Crippen molar-refractivity contribution in [1.82, 2.24) is 4.72 Å². The molecule has 0 bridgehead atoms. The van der Waals surface area contributed by atoms with Crippen LogP contribution in [0.5, 0.6) is 0 Å². The van der Waals surface area contributed by atoms with Crippen LogP contribution in [0, 0.1) is 5.92 Å². The van der Waals surface area contributed by atoms with E-state index in [-0.39, 0.29) is 10.9 Å². The number of alkyl halides is 1. The Morgan fingerprint density at radius 1 is 1.21 bits per heavy atom. The molecule has 1 aliphatic carbocycles. The second-order valence-electron chi connectivity index (χ2n) is 4.88. The minimum Gasteiger partial charge on any atom is -0.208 e. The van der Waals surface area contributed by atoms with Gasteiger partial charge in [0.2, 0.25) is 10.0 Å². The van der Waals surface area contributed by atoms with Crippen molar-refractivity contribution in [3.8, 4) is 0 Å². The zero-order valence-corrected chi connectivity index (χ0v) is 13.6. The van der Waals surface area contributed by atoms with Crippen LogP contribution in [0.25, 0.3) is 0 Å². The lowest BCUT2D eigenvalue weighted by atomic mass is 9.87. The SMILES string of the molecule is O=S(=O)(NC1CCCCC1CBr)c1ccc(Cl)cc1. The maximum absolute atomic E-state index is 12.3. The Kier molecular flexibility index (Phi) is 5.29. The van der Waals surface area contributed by atoms with Gasteiger partial charge in [-0.1, -0.05) is 40.4 Å². The standard InChI is InChI=1S/C13H17BrClNO2S/c14-9-10-3-1-2-4-13(10)16-19(17,18)12-7-5-11(15)6-8-12/h5-8,10,13,16H,1-4,9H2. The number of rotatable bonds is 4. The van der Waals surface area contributed by atoms with Gasteiger partial charge < -0.3 is 0 Å². The number of hydrogen-bond acceptors (Lipinski definition) is 2. The lowest BCUT2D eigenvalue weighted by Gasteiger charge is -2.30. The fraction of sp³-hybridized carbons (Fsp3) is 0.538. The predicted octanol–water partition coefficient (Wildman–Crippen LogP) is 3.57. The van der Waals surface area contributed by atoms with Crippen LogP contribution < -0.4 is 4.72 Å². The van der Waals surface area contributed by atoms with Gasteiger partial charge in [-0.2, -0.15) is 0 Å². The van der Waals surface area contributed by atoms with E-state index in [2.05, 4.69) is 20.7 Å². The van der Waals surface area contributed by atoms with Crippen molar-refractivity contribution in [3.63, 3.8) is 0 Å². The molecule has 2 atom stereocenters. The summed E-state index contributed by atoms with van der Waals surface area (Å²) in [7, 11) is -3.45. The number of nitrogens with one attached hydrogen (secondary N) is 1. The number of halogens is 2. The molecule has 6 heteroatoms. The first-order valence-electron chi connectivity index (χ1n) is 6.37. The van der Waals surface area contributed by atoms with Crippen molar-refractivity contribution in [1.29, 1.82) is 0 Å². The molecule has 106 valence electrons. The van der Waals surface area contributed by atoms with E-state index in [9.17, 15) is 8.42 Å². The summed E-state index contributed by atoms with van der Waals surface area (Å²) in [4.78, 5) is 0.274. The number of hydrogen-bond donors (Lipinski definition) is 1. The summed E-state index contributed by atoms with van der Waals surface area (Å²) in [6.45, 7) is 0. The van der Waals surface area contributed by atoms with Crippen molar-refractivity contribution in [2.75, 3.05) is 5.33 Å². The summed E-state index contributed by atoms with van der Waals surface area (Å²) in [6, 6.07) is 6.29. The van der Waals surface area contributed by atoms with E-state index < -0.39 is 10.0 Å². The molecule has 1 saturated carbocycles. The van der Waals surface area contributed by atoms with Crippen molar-refractivity contribution in [2.24, 2.45) is 5.92 Å². The third kappa shape index (κ3) is 3.94. The van der Waals surface area contributed by atoms with Gasteiger partial charge in [-0.25, -0.2) is 13.1 Å². The highest BCUT2D eigenvalue weighted by Gasteiger charge is 2.28. The van der Waals surface area contributed by atoms with Crippen LogP contribution in [0.1, 0.15) is 25.7 Å². The van der Waals surface area contributed by atoms with Crippen LogP contribution in [-0.2, 0) is 10.0 Å². The first-order chi connectivity index (χ1) is 9.03. The van der Waals surface area contributed by atoms with Crippen LogP contribution in [0.2, 0.25) is 5.02 Å². The molecule has 1 aromatic carbocycles. The summed E-state index contributed by atoms with van der Waals surface area (Å²) < 4.78 is 27.4. The summed E-state index contributed by atoms with van der Waals surface area (Å²) in [5.41, 5.74) is 0. The zero-order chi connectivity index (χ0) is 13.9. The molecule has 0 radical (unpaired) electrons. The van der Waals surface area contributed by atoms with Gasteiger partial charge >= 0.3 is 0 Å². The maximum atomic E-state index is 12.3. The van der Waals surface area contributed by atoms with Crippen LogP contribution in [0.15, 0.2) is 29.2 Å². The van der Waals surface area contributed by atoms with Crippen LogP contribution in [0.4, 0.5) is 0 Å². The molecule has 1 aromatic rings. The minimum atomic E-state index is -3.45. The molecular formula is C13H17BrClNO2S. The van der Waals surface area contributed by atoms with Gasteiger partial charge in [0.15, 0.2) is 0 Å². The molecule has 1 fully saturated rings. The van der Waals surface area contributed by atoms with E-state index in [4.69, 9.17) is 11.6 Å². The normalized spacial score (nSPS) is 24.3. The lowest BCUT2D eigenvalue weighted by molar-refractivity contribution is 0.316. The first kappa shape index (κ1) is 15.3.